The molecule has 0 radical (unpaired) electrons. The maximum absolute atomic E-state index is 11.7. The Kier molecular flexibility index (Phi) is 4.70. The van der Waals surface area contributed by atoms with Crippen LogP contribution in [0.1, 0.15) is 28.4 Å². The molecule has 0 heterocycles. The van der Waals surface area contributed by atoms with E-state index in [2.05, 4.69) is 0 Å². The lowest BCUT2D eigenvalue weighted by Gasteiger charge is -2.12. The Morgan fingerprint density at radius 2 is 1.58 bits per heavy atom. The lowest BCUT2D eigenvalue weighted by molar-refractivity contribution is 0.0493. The molecule has 19 heavy (non-hydrogen) atoms. The molecule has 0 aromatic heterocycles. The van der Waals surface area contributed by atoms with Crippen LogP contribution in [0.3, 0.4) is 0 Å². The van der Waals surface area contributed by atoms with E-state index in [-0.39, 0.29) is 12.0 Å². The van der Waals surface area contributed by atoms with Crippen LogP contribution in [-0.2, 0) is 4.74 Å². The summed E-state index contributed by atoms with van der Waals surface area (Å²) in [5.74, 6) is -0.305. The van der Waals surface area contributed by atoms with Gasteiger partial charge in [0, 0.05) is 12.5 Å². The van der Waals surface area contributed by atoms with Gasteiger partial charge in [-0.2, -0.15) is 0 Å². The number of nitrogens with two attached hydrogens (primary N) is 1. The molecule has 0 aliphatic carbocycles. The van der Waals surface area contributed by atoms with Crippen LogP contribution in [0.4, 0.5) is 0 Å². The topological polar surface area (TPSA) is 52.3 Å². The third kappa shape index (κ3) is 3.93. The van der Waals surface area contributed by atoms with Gasteiger partial charge in [-0.25, -0.2) is 4.79 Å². The van der Waals surface area contributed by atoms with Crippen molar-refractivity contribution >= 4 is 5.97 Å². The average molecular weight is 255 g/mol. The predicted molar refractivity (Wildman–Crippen MR) is 74.7 cm³/mol. The van der Waals surface area contributed by atoms with Crippen molar-refractivity contribution in [2.24, 2.45) is 5.73 Å². The van der Waals surface area contributed by atoms with E-state index < -0.39 is 0 Å². The number of esters is 1. The fourth-order valence-corrected chi connectivity index (χ4v) is 1.80. The first kappa shape index (κ1) is 13.3. The van der Waals surface area contributed by atoms with Gasteiger partial charge < -0.3 is 10.5 Å². The Balaban J connectivity index is 1.79. The number of benzene rings is 2. The molecular weight excluding hydrogens is 238 g/mol. The summed E-state index contributed by atoms with van der Waals surface area (Å²) in [6, 6.07) is 18.7. The second-order valence-electron chi connectivity index (χ2n) is 4.31. The second kappa shape index (κ2) is 6.71. The van der Waals surface area contributed by atoms with E-state index >= 15 is 0 Å². The molecule has 3 nitrogen and oxygen atoms in total. The number of carbonyl (C=O) groups excluding carboxylic acids is 1. The molecule has 0 unspecified atom stereocenters. The van der Waals surface area contributed by atoms with E-state index in [1.807, 2.05) is 48.5 Å². The van der Waals surface area contributed by atoms with E-state index in [1.54, 1.807) is 12.1 Å². The highest BCUT2D eigenvalue weighted by Crippen LogP contribution is 2.13. The Morgan fingerprint density at radius 3 is 2.21 bits per heavy atom. The summed E-state index contributed by atoms with van der Waals surface area (Å²) in [5.41, 5.74) is 7.65. The van der Waals surface area contributed by atoms with Crippen molar-refractivity contribution in [3.05, 3.63) is 71.8 Å². The van der Waals surface area contributed by atoms with Crippen LogP contribution >= 0.6 is 0 Å². The van der Waals surface area contributed by atoms with Gasteiger partial charge >= 0.3 is 5.97 Å². The molecule has 2 aromatic carbocycles. The molecule has 3 heteroatoms. The normalized spacial score (nSPS) is 11.8. The molecule has 0 saturated carbocycles. The molecule has 98 valence electrons. The molecule has 1 atom stereocenters. The standard InChI is InChI=1S/C16H17NO2/c17-15(13-7-3-1-4-8-13)11-12-19-16(18)14-9-5-2-6-10-14/h1-10,15H,11-12,17H2/t15-/m1/s1. The van der Waals surface area contributed by atoms with E-state index in [4.69, 9.17) is 10.5 Å². The van der Waals surface area contributed by atoms with Gasteiger partial charge in [0.05, 0.1) is 12.2 Å². The average Bonchev–Trinajstić information content (AvgIpc) is 2.49. The summed E-state index contributed by atoms with van der Waals surface area (Å²) in [7, 11) is 0. The monoisotopic (exact) mass is 255 g/mol. The Hall–Kier alpha value is -2.13. The van der Waals surface area contributed by atoms with Crippen molar-refractivity contribution in [1.29, 1.82) is 0 Å². The first-order valence-electron chi connectivity index (χ1n) is 6.30. The molecule has 2 N–H and O–H groups in total. The van der Waals surface area contributed by atoms with Crippen molar-refractivity contribution in [1.82, 2.24) is 0 Å². The number of ether oxygens (including phenoxy) is 1. The van der Waals surface area contributed by atoms with E-state index in [0.29, 0.717) is 18.6 Å². The second-order valence-corrected chi connectivity index (χ2v) is 4.31. The minimum atomic E-state index is -0.305. The summed E-state index contributed by atoms with van der Waals surface area (Å²) >= 11 is 0. The zero-order valence-corrected chi connectivity index (χ0v) is 10.7. The lowest BCUT2D eigenvalue weighted by Crippen LogP contribution is -2.15. The van der Waals surface area contributed by atoms with Crippen LogP contribution in [-0.4, -0.2) is 12.6 Å². The van der Waals surface area contributed by atoms with Crippen LogP contribution in [0.2, 0.25) is 0 Å². The number of rotatable bonds is 5. The van der Waals surface area contributed by atoms with Crippen molar-refractivity contribution in [2.75, 3.05) is 6.61 Å². The zero-order valence-electron chi connectivity index (χ0n) is 10.7. The first-order valence-corrected chi connectivity index (χ1v) is 6.30. The molecule has 0 spiro atoms. The number of carbonyl (C=O) groups is 1. The van der Waals surface area contributed by atoms with Gasteiger partial charge in [-0.1, -0.05) is 48.5 Å². The Morgan fingerprint density at radius 1 is 1.00 bits per heavy atom. The quantitative estimate of drug-likeness (QED) is 0.836. The van der Waals surface area contributed by atoms with Crippen LogP contribution in [0.25, 0.3) is 0 Å². The molecule has 0 aliphatic heterocycles. The Bertz CT molecular complexity index is 511. The van der Waals surface area contributed by atoms with Crippen LogP contribution in [0, 0.1) is 0 Å². The van der Waals surface area contributed by atoms with Gasteiger partial charge in [0.2, 0.25) is 0 Å². The maximum Gasteiger partial charge on any atom is 0.338 e. The minimum absolute atomic E-state index is 0.107. The SMILES string of the molecule is N[C@H](CCOC(=O)c1ccccc1)c1ccccc1. The molecule has 2 rings (SSSR count). The third-order valence-electron chi connectivity index (χ3n) is 2.90. The summed E-state index contributed by atoms with van der Waals surface area (Å²) in [6.07, 6.45) is 0.614. The van der Waals surface area contributed by atoms with Gasteiger partial charge in [0.25, 0.3) is 0 Å². The lowest BCUT2D eigenvalue weighted by atomic mass is 10.1. The maximum atomic E-state index is 11.7. The zero-order chi connectivity index (χ0) is 13.5. The van der Waals surface area contributed by atoms with E-state index in [0.717, 1.165) is 5.56 Å². The minimum Gasteiger partial charge on any atom is -0.462 e. The van der Waals surface area contributed by atoms with Crippen molar-refractivity contribution in [2.45, 2.75) is 12.5 Å². The molecule has 0 amide bonds. The molecule has 0 fully saturated rings. The smallest absolute Gasteiger partial charge is 0.338 e. The fourth-order valence-electron chi connectivity index (χ4n) is 1.80. The summed E-state index contributed by atoms with van der Waals surface area (Å²) in [5, 5.41) is 0. The van der Waals surface area contributed by atoms with Gasteiger partial charge in [-0.15, -0.1) is 0 Å². The molecule has 0 bridgehead atoms. The van der Waals surface area contributed by atoms with Crippen molar-refractivity contribution < 1.29 is 9.53 Å². The fraction of sp³-hybridized carbons (Fsp3) is 0.188. The van der Waals surface area contributed by atoms with Gasteiger partial charge in [0.15, 0.2) is 0 Å². The van der Waals surface area contributed by atoms with Crippen LogP contribution in [0.15, 0.2) is 60.7 Å². The number of hydrogen-bond donors (Lipinski definition) is 1. The largest absolute Gasteiger partial charge is 0.462 e. The highest BCUT2D eigenvalue weighted by atomic mass is 16.5. The Labute approximate surface area is 113 Å². The van der Waals surface area contributed by atoms with E-state index in [9.17, 15) is 4.79 Å². The first-order chi connectivity index (χ1) is 9.27. The summed E-state index contributed by atoms with van der Waals surface area (Å²) in [4.78, 5) is 11.7. The van der Waals surface area contributed by atoms with Crippen molar-refractivity contribution in [3.8, 4) is 0 Å². The molecule has 0 aliphatic rings. The summed E-state index contributed by atoms with van der Waals surface area (Å²) < 4.78 is 5.20. The molecule has 2 aromatic rings. The third-order valence-corrected chi connectivity index (χ3v) is 2.90. The highest BCUT2D eigenvalue weighted by molar-refractivity contribution is 5.89. The van der Waals surface area contributed by atoms with Crippen LogP contribution in [0.5, 0.6) is 0 Å². The molecular formula is C16H17NO2. The van der Waals surface area contributed by atoms with Gasteiger partial charge in [0.1, 0.15) is 0 Å². The van der Waals surface area contributed by atoms with Crippen LogP contribution < -0.4 is 5.73 Å². The van der Waals surface area contributed by atoms with E-state index in [1.165, 1.54) is 0 Å². The van der Waals surface area contributed by atoms with Gasteiger partial charge in [-0.3, -0.25) is 0 Å². The summed E-state index contributed by atoms with van der Waals surface area (Å²) in [6.45, 7) is 0.323. The number of hydrogen-bond acceptors (Lipinski definition) is 3. The predicted octanol–water partition coefficient (Wildman–Crippen LogP) is 2.93. The van der Waals surface area contributed by atoms with Gasteiger partial charge in [-0.05, 0) is 17.7 Å². The molecule has 0 saturated heterocycles. The van der Waals surface area contributed by atoms with Crippen molar-refractivity contribution in [3.63, 3.8) is 0 Å². The highest BCUT2D eigenvalue weighted by Gasteiger charge is 2.09.